The lowest BCUT2D eigenvalue weighted by molar-refractivity contribution is -0.141. The van der Waals surface area contributed by atoms with Crippen molar-refractivity contribution in [1.82, 2.24) is 10.2 Å². The normalized spacial score (nSPS) is 11.9. The van der Waals surface area contributed by atoms with Crippen molar-refractivity contribution in [3.63, 3.8) is 0 Å². The number of nitrogens with one attached hydrogen (secondary N) is 1. The molecule has 1 N–H and O–H groups in total. The zero-order chi connectivity index (χ0) is 20.5. The summed E-state index contributed by atoms with van der Waals surface area (Å²) in [6.45, 7) is 9.13. The van der Waals surface area contributed by atoms with Gasteiger partial charge in [-0.1, -0.05) is 75.4 Å². The number of amides is 2. The van der Waals surface area contributed by atoms with Gasteiger partial charge in [-0.05, 0) is 36.0 Å². The van der Waals surface area contributed by atoms with Crippen LogP contribution in [0.4, 0.5) is 0 Å². The number of benzene rings is 2. The van der Waals surface area contributed by atoms with Crippen LogP contribution in [0.25, 0.3) is 0 Å². The van der Waals surface area contributed by atoms with E-state index in [0.29, 0.717) is 31.8 Å². The summed E-state index contributed by atoms with van der Waals surface area (Å²) in [5.74, 6) is 0.265. The van der Waals surface area contributed by atoms with Crippen LogP contribution in [-0.4, -0.2) is 29.3 Å². The van der Waals surface area contributed by atoms with E-state index in [1.54, 1.807) is 4.90 Å². The number of hydrogen-bond donors (Lipinski definition) is 1. The lowest BCUT2D eigenvalue weighted by Crippen LogP contribution is -2.50. The van der Waals surface area contributed by atoms with E-state index >= 15 is 0 Å². The van der Waals surface area contributed by atoms with Crippen molar-refractivity contribution >= 4 is 11.8 Å². The molecule has 2 aromatic rings. The average Bonchev–Trinajstić information content (AvgIpc) is 2.68. The molecule has 28 heavy (non-hydrogen) atoms. The van der Waals surface area contributed by atoms with Crippen LogP contribution < -0.4 is 5.32 Å². The Morgan fingerprint density at radius 2 is 1.64 bits per heavy atom. The molecule has 0 aliphatic rings. The minimum absolute atomic E-state index is 0.0234. The summed E-state index contributed by atoms with van der Waals surface area (Å²) >= 11 is 0. The Kier molecular flexibility index (Phi) is 8.24. The molecule has 0 spiro atoms. The Morgan fingerprint density at radius 3 is 2.25 bits per heavy atom. The third-order valence-electron chi connectivity index (χ3n) is 4.87. The second-order valence-corrected chi connectivity index (χ2v) is 7.67. The van der Waals surface area contributed by atoms with Crippen LogP contribution in [0.15, 0.2) is 54.6 Å². The molecule has 0 aliphatic heterocycles. The number of carbonyl (C=O) groups excluding carboxylic acids is 2. The van der Waals surface area contributed by atoms with Crippen molar-refractivity contribution in [2.75, 3.05) is 6.54 Å². The number of nitrogens with zero attached hydrogens (tertiary/aromatic N) is 1. The van der Waals surface area contributed by atoms with Gasteiger partial charge in [0.25, 0.3) is 0 Å². The minimum Gasteiger partial charge on any atom is -0.354 e. The van der Waals surface area contributed by atoms with E-state index in [4.69, 9.17) is 0 Å². The molecule has 0 heterocycles. The van der Waals surface area contributed by atoms with Gasteiger partial charge in [-0.3, -0.25) is 9.59 Å². The Bertz CT molecular complexity index is 771. The van der Waals surface area contributed by atoms with Crippen LogP contribution in [0.1, 0.15) is 43.9 Å². The first-order valence-electron chi connectivity index (χ1n) is 10.1. The summed E-state index contributed by atoms with van der Waals surface area (Å²) in [4.78, 5) is 27.8. The second kappa shape index (κ2) is 10.6. The van der Waals surface area contributed by atoms with Crippen LogP contribution in [0.2, 0.25) is 0 Å². The number of rotatable bonds is 9. The third kappa shape index (κ3) is 6.22. The Labute approximate surface area is 169 Å². The van der Waals surface area contributed by atoms with Crippen LogP contribution >= 0.6 is 0 Å². The maximum Gasteiger partial charge on any atom is 0.242 e. The fraction of sp³-hybridized carbons (Fsp3) is 0.417. The van der Waals surface area contributed by atoms with Gasteiger partial charge in [-0.15, -0.1) is 0 Å². The standard InChI is InChI=1S/C24H32N2O2/c1-5-22(24(28)25-16-18(2)3)26(17-20-12-7-6-8-13-20)23(27)15-21-14-10-9-11-19(21)4/h6-14,18,22H,5,15-17H2,1-4H3,(H,25,28)/t22-/m0/s1. The van der Waals surface area contributed by atoms with Crippen LogP contribution in [0, 0.1) is 12.8 Å². The largest absolute Gasteiger partial charge is 0.354 e. The van der Waals surface area contributed by atoms with E-state index in [1.807, 2.05) is 68.4 Å². The zero-order valence-electron chi connectivity index (χ0n) is 17.4. The van der Waals surface area contributed by atoms with Crippen molar-refractivity contribution in [2.24, 2.45) is 5.92 Å². The smallest absolute Gasteiger partial charge is 0.242 e. The van der Waals surface area contributed by atoms with E-state index in [-0.39, 0.29) is 11.8 Å². The molecule has 2 aromatic carbocycles. The first-order chi connectivity index (χ1) is 13.4. The van der Waals surface area contributed by atoms with Gasteiger partial charge in [-0.25, -0.2) is 0 Å². The number of aryl methyl sites for hydroxylation is 1. The first kappa shape index (κ1) is 21.7. The van der Waals surface area contributed by atoms with Crippen LogP contribution in [0.3, 0.4) is 0 Å². The Balaban J connectivity index is 2.25. The highest BCUT2D eigenvalue weighted by Crippen LogP contribution is 2.16. The molecule has 0 saturated heterocycles. The van der Waals surface area contributed by atoms with E-state index < -0.39 is 6.04 Å². The van der Waals surface area contributed by atoms with Gasteiger partial charge in [0.2, 0.25) is 11.8 Å². The van der Waals surface area contributed by atoms with Crippen molar-refractivity contribution in [3.05, 3.63) is 71.3 Å². The second-order valence-electron chi connectivity index (χ2n) is 7.67. The summed E-state index contributed by atoms with van der Waals surface area (Å²) in [5.41, 5.74) is 3.12. The molecule has 0 aliphatic carbocycles. The highest BCUT2D eigenvalue weighted by Gasteiger charge is 2.28. The maximum atomic E-state index is 13.3. The highest BCUT2D eigenvalue weighted by molar-refractivity contribution is 5.88. The van der Waals surface area contributed by atoms with Gasteiger partial charge in [0.15, 0.2) is 0 Å². The molecule has 0 aromatic heterocycles. The highest BCUT2D eigenvalue weighted by atomic mass is 16.2. The summed E-state index contributed by atoms with van der Waals surface area (Å²) in [6, 6.07) is 17.3. The van der Waals surface area contributed by atoms with Crippen molar-refractivity contribution in [1.29, 1.82) is 0 Å². The van der Waals surface area contributed by atoms with Crippen molar-refractivity contribution in [3.8, 4) is 0 Å². The summed E-state index contributed by atoms with van der Waals surface area (Å²) < 4.78 is 0. The molecular weight excluding hydrogens is 348 g/mol. The predicted octanol–water partition coefficient (Wildman–Crippen LogP) is 4.12. The fourth-order valence-electron chi connectivity index (χ4n) is 3.20. The summed E-state index contributed by atoms with van der Waals surface area (Å²) in [6.07, 6.45) is 0.879. The Morgan fingerprint density at radius 1 is 1.00 bits per heavy atom. The van der Waals surface area contributed by atoms with Gasteiger partial charge in [0, 0.05) is 13.1 Å². The number of carbonyl (C=O) groups is 2. The SMILES string of the molecule is CC[C@@H](C(=O)NCC(C)C)N(Cc1ccccc1)C(=O)Cc1ccccc1C. The van der Waals surface area contributed by atoms with E-state index in [0.717, 1.165) is 16.7 Å². The first-order valence-corrected chi connectivity index (χ1v) is 10.1. The van der Waals surface area contributed by atoms with E-state index in [1.165, 1.54) is 0 Å². The van der Waals surface area contributed by atoms with Crippen molar-refractivity contribution < 1.29 is 9.59 Å². The Hall–Kier alpha value is -2.62. The molecule has 0 fully saturated rings. The van der Waals surface area contributed by atoms with Gasteiger partial charge < -0.3 is 10.2 Å². The molecule has 150 valence electrons. The molecule has 2 rings (SSSR count). The van der Waals surface area contributed by atoms with Gasteiger partial charge in [-0.2, -0.15) is 0 Å². The molecule has 4 nitrogen and oxygen atoms in total. The fourth-order valence-corrected chi connectivity index (χ4v) is 3.20. The summed E-state index contributed by atoms with van der Waals surface area (Å²) in [7, 11) is 0. The van der Waals surface area contributed by atoms with Gasteiger partial charge >= 0.3 is 0 Å². The molecule has 0 unspecified atom stereocenters. The van der Waals surface area contributed by atoms with Gasteiger partial charge in [0.1, 0.15) is 6.04 Å². The minimum atomic E-state index is -0.476. The lowest BCUT2D eigenvalue weighted by atomic mass is 10.0. The maximum absolute atomic E-state index is 13.3. The van der Waals surface area contributed by atoms with E-state index in [2.05, 4.69) is 19.2 Å². The van der Waals surface area contributed by atoms with Crippen molar-refractivity contribution in [2.45, 2.75) is 53.1 Å². The number of hydrogen-bond acceptors (Lipinski definition) is 2. The topological polar surface area (TPSA) is 49.4 Å². The third-order valence-corrected chi connectivity index (χ3v) is 4.87. The molecule has 1 atom stereocenters. The molecule has 2 amide bonds. The van der Waals surface area contributed by atoms with E-state index in [9.17, 15) is 9.59 Å². The van der Waals surface area contributed by atoms with Crippen LogP contribution in [-0.2, 0) is 22.6 Å². The monoisotopic (exact) mass is 380 g/mol. The molecule has 4 heteroatoms. The summed E-state index contributed by atoms with van der Waals surface area (Å²) in [5, 5.41) is 3.00. The average molecular weight is 381 g/mol. The predicted molar refractivity (Wildman–Crippen MR) is 114 cm³/mol. The molecular formula is C24H32N2O2. The zero-order valence-corrected chi connectivity index (χ0v) is 17.4. The van der Waals surface area contributed by atoms with Crippen LogP contribution in [0.5, 0.6) is 0 Å². The molecule has 0 saturated carbocycles. The van der Waals surface area contributed by atoms with Gasteiger partial charge in [0.05, 0.1) is 6.42 Å². The quantitative estimate of drug-likeness (QED) is 0.711. The molecule has 0 bridgehead atoms. The molecule has 0 radical (unpaired) electrons. The lowest BCUT2D eigenvalue weighted by Gasteiger charge is -2.31.